The van der Waals surface area contributed by atoms with Crippen molar-refractivity contribution in [3.05, 3.63) is 35.6 Å². The predicted octanol–water partition coefficient (Wildman–Crippen LogP) is 1.74. The highest BCUT2D eigenvalue weighted by molar-refractivity contribution is 5.20. The van der Waals surface area contributed by atoms with Gasteiger partial charge in [0.1, 0.15) is 5.82 Å². The molecule has 2 nitrogen and oxygen atoms in total. The van der Waals surface area contributed by atoms with E-state index in [-0.39, 0.29) is 18.3 Å². The van der Waals surface area contributed by atoms with Crippen molar-refractivity contribution in [1.82, 2.24) is 0 Å². The highest BCUT2D eigenvalue weighted by atomic mass is 19.1. The molecule has 1 aromatic carbocycles. The topological polar surface area (TPSA) is 49.8 Å². The van der Waals surface area contributed by atoms with Crippen molar-refractivity contribution >= 4 is 0 Å². The average Bonchev–Trinajstić information content (AvgIpc) is 2.05. The molecule has 0 spiro atoms. The minimum atomic E-state index is -0.384. The summed E-state index contributed by atoms with van der Waals surface area (Å²) < 4.78 is 12.6. The molecule has 0 aliphatic heterocycles. The van der Waals surface area contributed by atoms with Crippen molar-refractivity contribution in [2.75, 3.05) is 0 Å². The molecule has 0 radical (unpaired) electrons. The fraction of sp³-hybridized carbons (Fsp3) is 0.222. The van der Waals surface area contributed by atoms with Crippen molar-refractivity contribution in [1.29, 1.82) is 5.26 Å². The third kappa shape index (κ3) is 2.04. The lowest BCUT2D eigenvalue weighted by molar-refractivity contribution is 0.620. The molecule has 1 atom stereocenters. The fourth-order valence-electron chi connectivity index (χ4n) is 0.953. The van der Waals surface area contributed by atoms with Gasteiger partial charge in [-0.15, -0.1) is 0 Å². The number of hydrogen-bond donors (Lipinski definition) is 1. The minimum Gasteiger partial charge on any atom is -0.323 e. The lowest BCUT2D eigenvalue weighted by Crippen LogP contribution is -2.09. The maximum absolute atomic E-state index is 12.6. The summed E-state index contributed by atoms with van der Waals surface area (Å²) in [6, 6.07) is 7.55. The number of halogens is 1. The summed E-state index contributed by atoms with van der Waals surface area (Å²) in [6.07, 6.45) is 0.212. The molecule has 0 fully saturated rings. The summed E-state index contributed by atoms with van der Waals surface area (Å²) in [4.78, 5) is 0. The third-order valence-electron chi connectivity index (χ3n) is 1.59. The number of nitrogens with two attached hydrogens (primary N) is 1. The van der Waals surface area contributed by atoms with Gasteiger partial charge in [0.15, 0.2) is 0 Å². The van der Waals surface area contributed by atoms with Crippen LogP contribution in [0.2, 0.25) is 0 Å². The lowest BCUT2D eigenvalue weighted by atomic mass is 10.1. The molecule has 0 amide bonds. The number of rotatable bonds is 2. The Bertz CT molecular complexity index is 304. The van der Waals surface area contributed by atoms with Crippen LogP contribution >= 0.6 is 0 Å². The van der Waals surface area contributed by atoms with Crippen molar-refractivity contribution in [2.24, 2.45) is 5.73 Å². The van der Waals surface area contributed by atoms with Gasteiger partial charge >= 0.3 is 0 Å². The van der Waals surface area contributed by atoms with E-state index < -0.39 is 0 Å². The molecule has 3 heteroatoms. The Hall–Kier alpha value is -1.40. The second kappa shape index (κ2) is 3.84. The Balaban J connectivity index is 2.82. The molecule has 62 valence electrons. The lowest BCUT2D eigenvalue weighted by Gasteiger charge is -2.06. The van der Waals surface area contributed by atoms with Crippen LogP contribution in [0.4, 0.5) is 4.39 Å². The largest absolute Gasteiger partial charge is 0.323 e. The maximum atomic E-state index is 12.6. The van der Waals surface area contributed by atoms with Gasteiger partial charge in [-0.1, -0.05) is 12.1 Å². The van der Waals surface area contributed by atoms with Crippen LogP contribution in [0.1, 0.15) is 18.0 Å². The molecule has 1 rings (SSSR count). The van der Waals surface area contributed by atoms with Gasteiger partial charge in [-0.25, -0.2) is 4.39 Å². The van der Waals surface area contributed by atoms with Gasteiger partial charge in [0.2, 0.25) is 0 Å². The summed E-state index contributed by atoms with van der Waals surface area (Å²) in [5.74, 6) is -0.319. The Kier molecular flexibility index (Phi) is 2.78. The van der Waals surface area contributed by atoms with Crippen molar-refractivity contribution in [3.8, 4) is 6.07 Å². The van der Waals surface area contributed by atoms with Crippen molar-refractivity contribution in [2.45, 2.75) is 12.5 Å². The Morgan fingerprint density at radius 3 is 2.92 bits per heavy atom. The zero-order chi connectivity index (χ0) is 8.97. The van der Waals surface area contributed by atoms with E-state index in [0.717, 1.165) is 0 Å². The molecule has 0 aromatic heterocycles. The van der Waals surface area contributed by atoms with E-state index in [4.69, 9.17) is 11.0 Å². The summed E-state index contributed by atoms with van der Waals surface area (Å²) in [5.41, 5.74) is 6.25. The van der Waals surface area contributed by atoms with Crippen LogP contribution in [0, 0.1) is 17.1 Å². The van der Waals surface area contributed by atoms with Crippen LogP contribution in [0.15, 0.2) is 24.3 Å². The minimum absolute atomic E-state index is 0.212. The van der Waals surface area contributed by atoms with E-state index in [2.05, 4.69) is 0 Å². The highest BCUT2D eigenvalue weighted by Gasteiger charge is 2.04. The first-order valence-corrected chi connectivity index (χ1v) is 3.62. The van der Waals surface area contributed by atoms with Gasteiger partial charge < -0.3 is 5.73 Å². The zero-order valence-electron chi connectivity index (χ0n) is 6.50. The summed E-state index contributed by atoms with van der Waals surface area (Å²) >= 11 is 0. The maximum Gasteiger partial charge on any atom is 0.123 e. The monoisotopic (exact) mass is 164 g/mol. The molecule has 0 heterocycles. The van der Waals surface area contributed by atoms with E-state index in [1.807, 2.05) is 6.07 Å². The quantitative estimate of drug-likeness (QED) is 0.723. The Morgan fingerprint density at radius 1 is 1.58 bits per heavy atom. The Labute approximate surface area is 70.4 Å². The first-order chi connectivity index (χ1) is 5.74. The number of benzene rings is 1. The van der Waals surface area contributed by atoms with Crippen LogP contribution in [-0.2, 0) is 0 Å². The van der Waals surface area contributed by atoms with E-state index >= 15 is 0 Å². The van der Waals surface area contributed by atoms with Gasteiger partial charge in [0, 0.05) is 6.04 Å². The first kappa shape index (κ1) is 8.69. The summed E-state index contributed by atoms with van der Waals surface area (Å²) in [6.45, 7) is 0. The third-order valence-corrected chi connectivity index (χ3v) is 1.59. The van der Waals surface area contributed by atoms with Crippen LogP contribution < -0.4 is 5.73 Å². The van der Waals surface area contributed by atoms with Gasteiger partial charge in [0.25, 0.3) is 0 Å². The molecule has 1 aromatic rings. The average molecular weight is 164 g/mol. The van der Waals surface area contributed by atoms with Crippen molar-refractivity contribution in [3.63, 3.8) is 0 Å². The van der Waals surface area contributed by atoms with Gasteiger partial charge in [-0.3, -0.25) is 0 Å². The van der Waals surface area contributed by atoms with Crippen LogP contribution in [0.5, 0.6) is 0 Å². The molecule has 0 aliphatic carbocycles. The van der Waals surface area contributed by atoms with Gasteiger partial charge in [-0.2, -0.15) is 5.26 Å². The Morgan fingerprint density at radius 2 is 2.33 bits per heavy atom. The SMILES string of the molecule is N#CC[C@H](N)c1cccc(F)c1. The molecule has 12 heavy (non-hydrogen) atoms. The number of nitriles is 1. The fourth-order valence-corrected chi connectivity index (χ4v) is 0.953. The summed E-state index contributed by atoms with van der Waals surface area (Å²) in [5, 5.41) is 8.34. The van der Waals surface area contributed by atoms with E-state index in [9.17, 15) is 4.39 Å². The standard InChI is InChI=1S/C9H9FN2/c10-8-3-1-2-7(6-8)9(12)4-5-11/h1-3,6,9H,4,12H2/t9-/m0/s1. The second-order valence-electron chi connectivity index (χ2n) is 2.52. The first-order valence-electron chi connectivity index (χ1n) is 3.62. The second-order valence-corrected chi connectivity index (χ2v) is 2.52. The van der Waals surface area contributed by atoms with Crippen molar-refractivity contribution < 1.29 is 4.39 Å². The molecule has 0 saturated heterocycles. The molecule has 0 bridgehead atoms. The van der Waals surface area contributed by atoms with E-state index in [0.29, 0.717) is 5.56 Å². The molecule has 2 N–H and O–H groups in total. The van der Waals surface area contributed by atoms with E-state index in [1.54, 1.807) is 12.1 Å². The summed E-state index contributed by atoms with van der Waals surface area (Å²) in [7, 11) is 0. The van der Waals surface area contributed by atoms with E-state index in [1.165, 1.54) is 12.1 Å². The number of hydrogen-bond acceptors (Lipinski definition) is 2. The molecule has 0 saturated carbocycles. The number of nitrogens with zero attached hydrogens (tertiary/aromatic N) is 1. The normalized spacial score (nSPS) is 12.1. The molecule has 0 aliphatic rings. The predicted molar refractivity (Wildman–Crippen MR) is 43.6 cm³/mol. The zero-order valence-corrected chi connectivity index (χ0v) is 6.50. The smallest absolute Gasteiger partial charge is 0.123 e. The van der Waals surface area contributed by atoms with Gasteiger partial charge in [0.05, 0.1) is 12.5 Å². The van der Waals surface area contributed by atoms with Crippen LogP contribution in [0.3, 0.4) is 0 Å². The molecular weight excluding hydrogens is 155 g/mol. The molecular formula is C9H9FN2. The highest BCUT2D eigenvalue weighted by Crippen LogP contribution is 2.13. The van der Waals surface area contributed by atoms with Crippen LogP contribution in [0.25, 0.3) is 0 Å². The molecule has 0 unspecified atom stereocenters. The van der Waals surface area contributed by atoms with Gasteiger partial charge in [-0.05, 0) is 17.7 Å². The van der Waals surface area contributed by atoms with Crippen LogP contribution in [-0.4, -0.2) is 0 Å².